The third-order valence-electron chi connectivity index (χ3n) is 1.56. The molecule has 0 atom stereocenters. The fourth-order valence-corrected chi connectivity index (χ4v) is 0.782. The Bertz CT molecular complexity index is 314. The maximum atomic E-state index is 9.79. The predicted octanol–water partition coefficient (Wildman–Crippen LogP) is 1.42. The molecule has 10 nitrogen and oxygen atoms in total. The van der Waals surface area contributed by atoms with E-state index in [1.54, 1.807) is 27.7 Å². The summed E-state index contributed by atoms with van der Waals surface area (Å²) in [7, 11) is 0. The summed E-state index contributed by atoms with van der Waals surface area (Å²) in [6, 6.07) is 0. The van der Waals surface area contributed by atoms with E-state index < -0.39 is 23.9 Å². The Kier molecular flexibility index (Phi) is 36.1. The molecular formula is C16H32O10Ti. The number of carboxylic acid groups (broad SMARTS) is 4. The van der Waals surface area contributed by atoms with Crippen LogP contribution in [0.15, 0.2) is 0 Å². The van der Waals surface area contributed by atoms with Gasteiger partial charge in [-0.2, -0.15) is 0 Å². The molecule has 0 aromatic rings. The maximum Gasteiger partial charge on any atom is 0.303 e. The van der Waals surface area contributed by atoms with Gasteiger partial charge in [0.2, 0.25) is 0 Å². The van der Waals surface area contributed by atoms with Gasteiger partial charge in [0.25, 0.3) is 0 Å². The molecule has 0 aromatic heterocycles. The third-order valence-corrected chi connectivity index (χ3v) is 1.56. The molecule has 0 aliphatic heterocycles. The molecule has 160 valence electrons. The summed E-state index contributed by atoms with van der Waals surface area (Å²) in [5.41, 5.74) is 0. The molecule has 0 aromatic carbocycles. The topological polar surface area (TPSA) is 190 Å². The zero-order valence-corrected chi connectivity index (χ0v) is 17.8. The second-order valence-corrected chi connectivity index (χ2v) is 5.47. The molecule has 0 spiro atoms. The van der Waals surface area contributed by atoms with Crippen LogP contribution in [-0.4, -0.2) is 66.7 Å². The Morgan fingerprint density at radius 3 is 0.741 bits per heavy atom. The fraction of sp³-hybridized carbons (Fsp3) is 0.750. The van der Waals surface area contributed by atoms with Crippen LogP contribution in [0.4, 0.5) is 0 Å². The van der Waals surface area contributed by atoms with Crippen molar-refractivity contribution >= 4 is 23.9 Å². The van der Waals surface area contributed by atoms with Gasteiger partial charge in [0.15, 0.2) is 0 Å². The number of aliphatic hydroxyl groups is 2. The smallest absolute Gasteiger partial charge is 0.303 e. The van der Waals surface area contributed by atoms with Crippen molar-refractivity contribution in [3.8, 4) is 0 Å². The monoisotopic (exact) mass is 432 g/mol. The minimum atomic E-state index is -0.948. The summed E-state index contributed by atoms with van der Waals surface area (Å²) in [4.78, 5) is 39.2. The summed E-state index contributed by atoms with van der Waals surface area (Å²) in [5.74, 6) is -3.79. The normalized spacial score (nSPS) is 8.59. The number of carboxylic acids is 4. The quantitative estimate of drug-likeness (QED) is 0.306. The molecule has 0 fully saturated rings. The molecule has 0 aliphatic carbocycles. The molecule has 27 heavy (non-hydrogen) atoms. The van der Waals surface area contributed by atoms with Crippen LogP contribution in [0.1, 0.15) is 66.2 Å². The van der Waals surface area contributed by atoms with Gasteiger partial charge < -0.3 is 30.6 Å². The zero-order valence-electron chi connectivity index (χ0n) is 16.2. The van der Waals surface area contributed by atoms with E-state index in [9.17, 15) is 19.2 Å². The van der Waals surface area contributed by atoms with Crippen molar-refractivity contribution in [2.75, 3.05) is 0 Å². The van der Waals surface area contributed by atoms with Crippen LogP contribution in [0.2, 0.25) is 0 Å². The van der Waals surface area contributed by atoms with E-state index in [0.29, 0.717) is 0 Å². The summed E-state index contributed by atoms with van der Waals surface area (Å²) in [5, 5.41) is 48.2. The van der Waals surface area contributed by atoms with Crippen molar-refractivity contribution in [2.24, 2.45) is 0 Å². The van der Waals surface area contributed by atoms with Crippen LogP contribution in [0.5, 0.6) is 0 Å². The maximum absolute atomic E-state index is 9.79. The largest absolute Gasteiger partial charge is 0.481 e. The zero-order chi connectivity index (χ0) is 21.7. The number of carbonyl (C=O) groups is 4. The van der Waals surface area contributed by atoms with Crippen molar-refractivity contribution in [1.82, 2.24) is 0 Å². The predicted molar refractivity (Wildman–Crippen MR) is 93.0 cm³/mol. The van der Waals surface area contributed by atoms with Gasteiger partial charge >= 0.3 is 23.9 Å². The fourth-order valence-electron chi connectivity index (χ4n) is 0.782. The van der Waals surface area contributed by atoms with Crippen LogP contribution in [-0.2, 0) is 40.9 Å². The summed E-state index contributed by atoms with van der Waals surface area (Å²) in [6.07, 6.45) is -0.160. The Hall–Kier alpha value is -1.49. The average molecular weight is 432 g/mol. The number of hydrogen-bond acceptors (Lipinski definition) is 6. The van der Waals surface area contributed by atoms with Gasteiger partial charge in [-0.3, -0.25) is 19.2 Å². The van der Waals surface area contributed by atoms with Crippen LogP contribution in [0.25, 0.3) is 0 Å². The minimum absolute atomic E-state index is 0. The van der Waals surface area contributed by atoms with Crippen molar-refractivity contribution in [3.63, 3.8) is 0 Å². The van der Waals surface area contributed by atoms with E-state index in [2.05, 4.69) is 0 Å². The molecule has 0 bridgehead atoms. The first-order valence-corrected chi connectivity index (χ1v) is 7.95. The number of rotatable bonds is 8. The van der Waals surface area contributed by atoms with Gasteiger partial charge in [0.1, 0.15) is 0 Å². The molecule has 6 N–H and O–H groups in total. The van der Waals surface area contributed by atoms with Crippen LogP contribution in [0.3, 0.4) is 0 Å². The van der Waals surface area contributed by atoms with E-state index in [1.807, 2.05) is 0 Å². The molecule has 0 saturated heterocycles. The number of hydrogen-bond donors (Lipinski definition) is 6. The first-order valence-electron chi connectivity index (χ1n) is 7.95. The van der Waals surface area contributed by atoms with Crippen LogP contribution in [0, 0.1) is 0 Å². The first kappa shape index (κ1) is 36.4. The summed E-state index contributed by atoms with van der Waals surface area (Å²) < 4.78 is 0. The standard InChI is InChI=1S/2C5H8O4.2C3H8O.Ti/c2*6-4(7)2-1-3-5(8)9;2*1-3(2)4;/h2*1-3H2,(H,6,7)(H,8,9);2*3-4H,1-2H3;. The molecule has 0 saturated carbocycles. The molecule has 0 heterocycles. The van der Waals surface area contributed by atoms with Crippen molar-refractivity contribution in [1.29, 1.82) is 0 Å². The Morgan fingerprint density at radius 2 is 0.667 bits per heavy atom. The molecule has 0 amide bonds. The van der Waals surface area contributed by atoms with Crippen molar-refractivity contribution in [3.05, 3.63) is 0 Å². The minimum Gasteiger partial charge on any atom is -0.481 e. The van der Waals surface area contributed by atoms with E-state index >= 15 is 0 Å². The molecular weight excluding hydrogens is 400 g/mol. The van der Waals surface area contributed by atoms with E-state index in [1.165, 1.54) is 0 Å². The van der Waals surface area contributed by atoms with E-state index in [0.717, 1.165) is 0 Å². The molecule has 0 aliphatic rings. The summed E-state index contributed by atoms with van der Waals surface area (Å²) >= 11 is 0. The Morgan fingerprint density at radius 1 is 0.556 bits per heavy atom. The van der Waals surface area contributed by atoms with Gasteiger partial charge in [0.05, 0.1) is 0 Å². The van der Waals surface area contributed by atoms with Crippen molar-refractivity contribution in [2.45, 2.75) is 78.4 Å². The second-order valence-electron chi connectivity index (χ2n) is 5.47. The first-order chi connectivity index (χ1) is 11.7. The molecule has 11 heteroatoms. The van der Waals surface area contributed by atoms with Gasteiger partial charge in [-0.25, -0.2) is 0 Å². The van der Waals surface area contributed by atoms with Gasteiger partial charge in [-0.05, 0) is 40.5 Å². The second kappa shape index (κ2) is 26.7. The van der Waals surface area contributed by atoms with Gasteiger partial charge in [-0.1, -0.05) is 0 Å². The third kappa shape index (κ3) is 112. The van der Waals surface area contributed by atoms with E-state index in [-0.39, 0.29) is 72.5 Å². The molecule has 0 radical (unpaired) electrons. The van der Waals surface area contributed by atoms with Crippen LogP contribution < -0.4 is 0 Å². The molecule has 0 rings (SSSR count). The Balaban J connectivity index is -0.0000000843. The van der Waals surface area contributed by atoms with Gasteiger partial charge in [0, 0.05) is 59.6 Å². The van der Waals surface area contributed by atoms with E-state index in [4.69, 9.17) is 30.6 Å². The van der Waals surface area contributed by atoms with Crippen molar-refractivity contribution < 1.29 is 71.5 Å². The summed E-state index contributed by atoms with van der Waals surface area (Å²) in [6.45, 7) is 6.89. The molecule has 0 unspecified atom stereocenters. The number of aliphatic carboxylic acids is 4. The van der Waals surface area contributed by atoms with Gasteiger partial charge in [-0.15, -0.1) is 0 Å². The van der Waals surface area contributed by atoms with Crippen LogP contribution >= 0.6 is 0 Å². The average Bonchev–Trinajstić information content (AvgIpc) is 2.35. The number of aliphatic hydroxyl groups excluding tert-OH is 2. The SMILES string of the molecule is CC(C)O.CC(C)O.O=C(O)CCCC(=O)O.O=C(O)CCCC(=O)O.[Ti]. The Labute approximate surface area is 174 Å².